The quantitative estimate of drug-likeness (QED) is 0.761. The number of nitrogens with two attached hydrogens (primary N) is 2. The fourth-order valence-electron chi connectivity index (χ4n) is 3.56. The summed E-state index contributed by atoms with van der Waals surface area (Å²) in [5, 5.41) is 3.79. The van der Waals surface area contributed by atoms with Crippen molar-refractivity contribution >= 4 is 0 Å². The molecule has 5 N–H and O–H groups in total. The Bertz CT molecular complexity index is 418. The maximum atomic E-state index is 6.20. The van der Waals surface area contributed by atoms with Crippen LogP contribution in [0.1, 0.15) is 48.9 Å². The van der Waals surface area contributed by atoms with Gasteiger partial charge in [-0.2, -0.15) is 0 Å². The summed E-state index contributed by atoms with van der Waals surface area (Å²) in [6.45, 7) is 0.832. The van der Waals surface area contributed by atoms with Crippen molar-refractivity contribution in [1.29, 1.82) is 0 Å². The summed E-state index contributed by atoms with van der Waals surface area (Å²) in [7, 11) is 0. The molecule has 18 heavy (non-hydrogen) atoms. The molecule has 4 atom stereocenters. The Morgan fingerprint density at radius 2 is 1.89 bits per heavy atom. The van der Waals surface area contributed by atoms with Crippen LogP contribution in [0.25, 0.3) is 0 Å². The van der Waals surface area contributed by atoms with Crippen molar-refractivity contribution in [2.24, 2.45) is 17.4 Å². The zero-order chi connectivity index (χ0) is 12.5. The van der Waals surface area contributed by atoms with Gasteiger partial charge < -0.3 is 16.8 Å². The third kappa shape index (κ3) is 2.18. The van der Waals surface area contributed by atoms with Crippen molar-refractivity contribution in [3.05, 3.63) is 35.4 Å². The number of hydrogen-bond donors (Lipinski definition) is 3. The van der Waals surface area contributed by atoms with Gasteiger partial charge in [0.2, 0.25) is 0 Å². The molecule has 1 aromatic rings. The number of fused-ring (bicyclic) bond motifs is 1. The molecule has 0 amide bonds. The Kier molecular flexibility index (Phi) is 3.37. The van der Waals surface area contributed by atoms with E-state index in [0.717, 1.165) is 13.0 Å². The molecule has 1 aromatic carbocycles. The summed E-state index contributed by atoms with van der Waals surface area (Å²) >= 11 is 0. The molecule has 0 heterocycles. The highest BCUT2D eigenvalue weighted by Gasteiger charge is 2.32. The first-order valence-corrected chi connectivity index (χ1v) is 7.08. The summed E-state index contributed by atoms with van der Waals surface area (Å²) in [5.41, 5.74) is 14.7. The van der Waals surface area contributed by atoms with Gasteiger partial charge in [0.25, 0.3) is 0 Å². The third-order valence-corrected chi connectivity index (χ3v) is 4.57. The maximum Gasteiger partial charge on any atom is 0.0344 e. The fraction of sp³-hybridized carbons (Fsp3) is 0.600. The van der Waals surface area contributed by atoms with E-state index in [1.165, 1.54) is 30.4 Å². The van der Waals surface area contributed by atoms with E-state index in [9.17, 15) is 0 Å². The van der Waals surface area contributed by atoms with Crippen LogP contribution >= 0.6 is 0 Å². The van der Waals surface area contributed by atoms with E-state index in [-0.39, 0.29) is 6.04 Å². The largest absolute Gasteiger partial charge is 0.330 e. The molecule has 2 aliphatic carbocycles. The normalized spacial score (nSPS) is 34.8. The first kappa shape index (κ1) is 12.2. The van der Waals surface area contributed by atoms with Crippen LogP contribution in [-0.4, -0.2) is 12.6 Å². The van der Waals surface area contributed by atoms with Crippen LogP contribution in [0.4, 0.5) is 0 Å². The van der Waals surface area contributed by atoms with Gasteiger partial charge in [0.1, 0.15) is 0 Å². The second-order valence-electron chi connectivity index (χ2n) is 5.80. The van der Waals surface area contributed by atoms with E-state index in [1.807, 2.05) is 0 Å². The highest BCUT2D eigenvalue weighted by Crippen LogP contribution is 2.38. The van der Waals surface area contributed by atoms with Crippen LogP contribution in [0.2, 0.25) is 0 Å². The Balaban J connectivity index is 1.68. The SMILES string of the molecule is NCC1CCC(NC2CC(N)c3ccccc32)C1. The van der Waals surface area contributed by atoms with Crippen LogP contribution in [0.3, 0.4) is 0 Å². The Morgan fingerprint density at radius 3 is 2.61 bits per heavy atom. The zero-order valence-corrected chi connectivity index (χ0v) is 10.8. The average Bonchev–Trinajstić information content (AvgIpc) is 2.97. The van der Waals surface area contributed by atoms with Gasteiger partial charge in [-0.3, -0.25) is 0 Å². The maximum absolute atomic E-state index is 6.20. The molecule has 3 nitrogen and oxygen atoms in total. The van der Waals surface area contributed by atoms with Gasteiger partial charge >= 0.3 is 0 Å². The van der Waals surface area contributed by atoms with Crippen LogP contribution in [0.15, 0.2) is 24.3 Å². The van der Waals surface area contributed by atoms with E-state index < -0.39 is 0 Å². The minimum absolute atomic E-state index is 0.199. The van der Waals surface area contributed by atoms with Crippen molar-refractivity contribution < 1.29 is 0 Å². The zero-order valence-electron chi connectivity index (χ0n) is 10.8. The Labute approximate surface area is 109 Å². The number of rotatable bonds is 3. The second-order valence-corrected chi connectivity index (χ2v) is 5.80. The molecule has 0 bridgehead atoms. The molecule has 1 fully saturated rings. The highest BCUT2D eigenvalue weighted by atomic mass is 15.0. The number of hydrogen-bond acceptors (Lipinski definition) is 3. The molecule has 4 unspecified atom stereocenters. The predicted molar refractivity (Wildman–Crippen MR) is 74.0 cm³/mol. The van der Waals surface area contributed by atoms with Gasteiger partial charge in [0, 0.05) is 18.1 Å². The minimum atomic E-state index is 0.199. The summed E-state index contributed by atoms with van der Waals surface area (Å²) < 4.78 is 0. The van der Waals surface area contributed by atoms with Crippen LogP contribution in [0.5, 0.6) is 0 Å². The fourth-order valence-corrected chi connectivity index (χ4v) is 3.56. The van der Waals surface area contributed by atoms with E-state index in [1.54, 1.807) is 0 Å². The van der Waals surface area contributed by atoms with Crippen molar-refractivity contribution in [3.63, 3.8) is 0 Å². The van der Waals surface area contributed by atoms with E-state index in [0.29, 0.717) is 18.0 Å². The minimum Gasteiger partial charge on any atom is -0.330 e. The van der Waals surface area contributed by atoms with Gasteiger partial charge in [0.15, 0.2) is 0 Å². The third-order valence-electron chi connectivity index (χ3n) is 4.57. The second kappa shape index (κ2) is 5.00. The summed E-state index contributed by atoms with van der Waals surface area (Å²) in [4.78, 5) is 0. The van der Waals surface area contributed by atoms with E-state index in [4.69, 9.17) is 11.5 Å². The van der Waals surface area contributed by atoms with Gasteiger partial charge in [-0.25, -0.2) is 0 Å². The molecule has 98 valence electrons. The van der Waals surface area contributed by atoms with Crippen molar-refractivity contribution in [3.8, 4) is 0 Å². The lowest BCUT2D eigenvalue weighted by atomic mass is 10.1. The van der Waals surface area contributed by atoms with Crippen molar-refractivity contribution in [1.82, 2.24) is 5.32 Å². The standard InChI is InChI=1S/C15H23N3/c16-9-10-5-6-11(7-10)18-15-8-14(17)12-3-1-2-4-13(12)15/h1-4,10-11,14-15,18H,5-9,16-17H2. The molecule has 0 spiro atoms. The molecule has 0 radical (unpaired) electrons. The van der Waals surface area contributed by atoms with Crippen molar-refractivity contribution in [2.45, 2.75) is 43.8 Å². The average molecular weight is 245 g/mol. The van der Waals surface area contributed by atoms with E-state index in [2.05, 4.69) is 29.6 Å². The summed E-state index contributed by atoms with van der Waals surface area (Å²) in [6, 6.07) is 9.85. The molecular formula is C15H23N3. The first-order valence-electron chi connectivity index (χ1n) is 7.08. The lowest BCUT2D eigenvalue weighted by molar-refractivity contribution is 0.412. The number of nitrogens with one attached hydrogen (secondary N) is 1. The molecule has 1 saturated carbocycles. The molecule has 0 saturated heterocycles. The van der Waals surface area contributed by atoms with E-state index >= 15 is 0 Å². The molecule has 3 heteroatoms. The highest BCUT2D eigenvalue weighted by molar-refractivity contribution is 5.37. The summed E-state index contributed by atoms with van der Waals surface area (Å²) in [5.74, 6) is 0.716. The Morgan fingerprint density at radius 1 is 1.11 bits per heavy atom. The molecule has 2 aliphatic rings. The lowest BCUT2D eigenvalue weighted by Gasteiger charge is -2.20. The molecule has 0 aromatic heterocycles. The van der Waals surface area contributed by atoms with Crippen LogP contribution in [-0.2, 0) is 0 Å². The molecule has 3 rings (SSSR count). The van der Waals surface area contributed by atoms with Crippen LogP contribution < -0.4 is 16.8 Å². The Hall–Kier alpha value is -0.900. The molecule has 0 aliphatic heterocycles. The smallest absolute Gasteiger partial charge is 0.0344 e. The first-order chi connectivity index (χ1) is 8.78. The summed E-state index contributed by atoms with van der Waals surface area (Å²) in [6.07, 6.45) is 4.79. The van der Waals surface area contributed by atoms with Gasteiger partial charge in [-0.15, -0.1) is 0 Å². The number of benzene rings is 1. The van der Waals surface area contributed by atoms with Gasteiger partial charge in [-0.1, -0.05) is 24.3 Å². The molecular weight excluding hydrogens is 222 g/mol. The monoisotopic (exact) mass is 245 g/mol. The van der Waals surface area contributed by atoms with Gasteiger partial charge in [0.05, 0.1) is 0 Å². The lowest BCUT2D eigenvalue weighted by Crippen LogP contribution is -2.30. The van der Waals surface area contributed by atoms with Crippen LogP contribution in [0, 0.1) is 5.92 Å². The predicted octanol–water partition coefficient (Wildman–Crippen LogP) is 1.85. The van der Waals surface area contributed by atoms with Gasteiger partial charge in [-0.05, 0) is 49.3 Å². The topological polar surface area (TPSA) is 64.1 Å². The van der Waals surface area contributed by atoms with Crippen molar-refractivity contribution in [2.75, 3.05) is 6.54 Å².